The summed E-state index contributed by atoms with van der Waals surface area (Å²) in [7, 11) is 0. The highest BCUT2D eigenvalue weighted by molar-refractivity contribution is 5.85. The highest BCUT2D eigenvalue weighted by Gasteiger charge is 2.34. The summed E-state index contributed by atoms with van der Waals surface area (Å²) >= 11 is 0. The van der Waals surface area contributed by atoms with E-state index < -0.39 is 0 Å². The lowest BCUT2D eigenvalue weighted by Gasteiger charge is -2.40. The van der Waals surface area contributed by atoms with E-state index in [2.05, 4.69) is 36.2 Å². The van der Waals surface area contributed by atoms with Crippen LogP contribution in [0.25, 0.3) is 0 Å². The van der Waals surface area contributed by atoms with Crippen LogP contribution < -0.4 is 5.32 Å². The SMILES string of the molecule is Cc1ccccc1C1CN(C(=O)C2CCNCC2)C(C)CO1.Cl. The first-order chi connectivity index (χ1) is 10.7. The first-order valence-corrected chi connectivity index (χ1v) is 8.35. The number of nitrogens with zero attached hydrogens (tertiary/aromatic N) is 1. The van der Waals surface area contributed by atoms with E-state index >= 15 is 0 Å². The van der Waals surface area contributed by atoms with Crippen molar-refractivity contribution in [3.05, 3.63) is 35.4 Å². The van der Waals surface area contributed by atoms with Crippen LogP contribution in [0.3, 0.4) is 0 Å². The largest absolute Gasteiger partial charge is 0.370 e. The Bertz CT molecular complexity index is 532. The average molecular weight is 339 g/mol. The minimum Gasteiger partial charge on any atom is -0.370 e. The third-order valence-electron chi connectivity index (χ3n) is 4.94. The number of carbonyl (C=O) groups is 1. The van der Waals surface area contributed by atoms with Gasteiger partial charge in [-0.15, -0.1) is 12.4 Å². The summed E-state index contributed by atoms with van der Waals surface area (Å²) in [5.41, 5.74) is 2.44. The second kappa shape index (κ2) is 8.13. The van der Waals surface area contributed by atoms with Gasteiger partial charge in [-0.05, 0) is 50.9 Å². The number of morpholine rings is 1. The molecular formula is C18H27ClN2O2. The molecule has 2 fully saturated rings. The maximum atomic E-state index is 12.9. The van der Waals surface area contributed by atoms with Crippen LogP contribution in [0.5, 0.6) is 0 Å². The molecule has 1 aromatic carbocycles. The van der Waals surface area contributed by atoms with Crippen molar-refractivity contribution < 1.29 is 9.53 Å². The number of ether oxygens (including phenoxy) is 1. The molecule has 0 aromatic heterocycles. The van der Waals surface area contributed by atoms with Crippen molar-refractivity contribution in [3.63, 3.8) is 0 Å². The fourth-order valence-electron chi connectivity index (χ4n) is 3.50. The van der Waals surface area contributed by atoms with E-state index in [0.29, 0.717) is 19.1 Å². The number of benzene rings is 1. The van der Waals surface area contributed by atoms with Crippen molar-refractivity contribution >= 4 is 18.3 Å². The highest BCUT2D eigenvalue weighted by Crippen LogP contribution is 2.29. The topological polar surface area (TPSA) is 41.6 Å². The van der Waals surface area contributed by atoms with Crippen LogP contribution >= 0.6 is 12.4 Å². The number of rotatable bonds is 2. The van der Waals surface area contributed by atoms with Crippen LogP contribution in [0, 0.1) is 12.8 Å². The fraction of sp³-hybridized carbons (Fsp3) is 0.611. The summed E-state index contributed by atoms with van der Waals surface area (Å²) in [6.45, 7) is 7.40. The van der Waals surface area contributed by atoms with Crippen LogP contribution in [-0.4, -0.2) is 43.1 Å². The molecule has 4 nitrogen and oxygen atoms in total. The lowest BCUT2D eigenvalue weighted by atomic mass is 9.94. The van der Waals surface area contributed by atoms with Gasteiger partial charge in [-0.2, -0.15) is 0 Å². The van der Waals surface area contributed by atoms with Crippen molar-refractivity contribution in [1.82, 2.24) is 10.2 Å². The van der Waals surface area contributed by atoms with Gasteiger partial charge in [0.05, 0.1) is 19.2 Å². The Labute approximate surface area is 145 Å². The van der Waals surface area contributed by atoms with E-state index in [1.807, 2.05) is 12.1 Å². The number of nitrogens with one attached hydrogen (secondary N) is 1. The Kier molecular flexibility index (Phi) is 6.45. The summed E-state index contributed by atoms with van der Waals surface area (Å²) < 4.78 is 6.02. The Morgan fingerprint density at radius 1 is 1.26 bits per heavy atom. The van der Waals surface area contributed by atoms with Crippen LogP contribution in [0.4, 0.5) is 0 Å². The van der Waals surface area contributed by atoms with Crippen molar-refractivity contribution in [1.29, 1.82) is 0 Å². The maximum Gasteiger partial charge on any atom is 0.226 e. The summed E-state index contributed by atoms with van der Waals surface area (Å²) in [6.07, 6.45) is 1.92. The van der Waals surface area contributed by atoms with Gasteiger partial charge in [0.1, 0.15) is 6.10 Å². The highest BCUT2D eigenvalue weighted by atomic mass is 35.5. The van der Waals surface area contributed by atoms with Gasteiger partial charge in [0.15, 0.2) is 0 Å². The summed E-state index contributed by atoms with van der Waals surface area (Å²) in [5, 5.41) is 3.33. The van der Waals surface area contributed by atoms with Gasteiger partial charge >= 0.3 is 0 Å². The molecular weight excluding hydrogens is 312 g/mol. The summed E-state index contributed by atoms with van der Waals surface area (Å²) in [5.74, 6) is 0.496. The normalized spacial score (nSPS) is 25.7. The molecule has 1 aromatic rings. The molecule has 3 rings (SSSR count). The third-order valence-corrected chi connectivity index (χ3v) is 4.94. The molecule has 2 atom stereocenters. The predicted molar refractivity (Wildman–Crippen MR) is 93.9 cm³/mol. The van der Waals surface area contributed by atoms with Crippen LogP contribution in [-0.2, 0) is 9.53 Å². The fourth-order valence-corrected chi connectivity index (χ4v) is 3.50. The standard InChI is InChI=1S/C18H26N2O2.ClH/c1-13-5-3-4-6-16(13)17-11-20(14(2)12-22-17)18(21)15-7-9-19-10-8-15;/h3-6,14-15,17,19H,7-12H2,1-2H3;1H. The number of aryl methyl sites for hydroxylation is 1. The second-order valence-corrected chi connectivity index (χ2v) is 6.54. The predicted octanol–water partition coefficient (Wildman–Crippen LogP) is 2.70. The lowest BCUT2D eigenvalue weighted by Crippen LogP contribution is -2.51. The summed E-state index contributed by atoms with van der Waals surface area (Å²) in [4.78, 5) is 14.9. The quantitative estimate of drug-likeness (QED) is 0.901. The van der Waals surface area contributed by atoms with Crippen molar-refractivity contribution in [3.8, 4) is 0 Å². The smallest absolute Gasteiger partial charge is 0.226 e. The molecule has 5 heteroatoms. The number of halogens is 1. The number of hydrogen-bond acceptors (Lipinski definition) is 3. The zero-order valence-electron chi connectivity index (χ0n) is 14.0. The van der Waals surface area contributed by atoms with E-state index in [4.69, 9.17) is 4.74 Å². The van der Waals surface area contributed by atoms with Gasteiger partial charge in [-0.1, -0.05) is 24.3 Å². The molecule has 0 spiro atoms. The van der Waals surface area contributed by atoms with E-state index in [1.54, 1.807) is 0 Å². The maximum absolute atomic E-state index is 12.9. The minimum atomic E-state index is 0. The first kappa shape index (κ1) is 18.2. The zero-order chi connectivity index (χ0) is 15.5. The molecule has 0 saturated carbocycles. The average Bonchev–Trinajstić information content (AvgIpc) is 2.56. The molecule has 2 aliphatic heterocycles. The van der Waals surface area contributed by atoms with E-state index in [9.17, 15) is 4.79 Å². The Hall–Kier alpha value is -1.10. The van der Waals surface area contributed by atoms with Crippen LogP contribution in [0.1, 0.15) is 37.0 Å². The zero-order valence-corrected chi connectivity index (χ0v) is 14.8. The van der Waals surface area contributed by atoms with Crippen LogP contribution in [0.2, 0.25) is 0 Å². The summed E-state index contributed by atoms with van der Waals surface area (Å²) in [6, 6.07) is 8.48. The van der Waals surface area contributed by atoms with Crippen molar-refractivity contribution in [2.45, 2.75) is 38.8 Å². The molecule has 1 amide bonds. The molecule has 0 radical (unpaired) electrons. The third kappa shape index (κ3) is 4.06. The number of piperidine rings is 1. The van der Waals surface area contributed by atoms with Gasteiger partial charge in [-0.3, -0.25) is 4.79 Å². The van der Waals surface area contributed by atoms with Gasteiger partial charge < -0.3 is 15.0 Å². The molecule has 2 aliphatic rings. The van der Waals surface area contributed by atoms with E-state index in [-0.39, 0.29) is 30.5 Å². The molecule has 1 N–H and O–H groups in total. The first-order valence-electron chi connectivity index (χ1n) is 8.35. The van der Waals surface area contributed by atoms with Gasteiger partial charge in [0, 0.05) is 5.92 Å². The lowest BCUT2D eigenvalue weighted by molar-refractivity contribution is -0.149. The molecule has 2 saturated heterocycles. The molecule has 23 heavy (non-hydrogen) atoms. The Balaban J connectivity index is 0.00000192. The molecule has 0 bridgehead atoms. The van der Waals surface area contributed by atoms with Crippen molar-refractivity contribution in [2.75, 3.05) is 26.2 Å². The number of amides is 1. The minimum absolute atomic E-state index is 0. The molecule has 128 valence electrons. The Morgan fingerprint density at radius 3 is 2.65 bits per heavy atom. The molecule has 2 heterocycles. The van der Waals surface area contributed by atoms with Gasteiger partial charge in [0.25, 0.3) is 0 Å². The molecule has 2 unspecified atom stereocenters. The second-order valence-electron chi connectivity index (χ2n) is 6.54. The Morgan fingerprint density at radius 2 is 1.96 bits per heavy atom. The monoisotopic (exact) mass is 338 g/mol. The number of carbonyl (C=O) groups excluding carboxylic acids is 1. The van der Waals surface area contributed by atoms with Gasteiger partial charge in [-0.25, -0.2) is 0 Å². The van der Waals surface area contributed by atoms with Gasteiger partial charge in [0.2, 0.25) is 5.91 Å². The van der Waals surface area contributed by atoms with Crippen LogP contribution in [0.15, 0.2) is 24.3 Å². The number of hydrogen-bond donors (Lipinski definition) is 1. The van der Waals surface area contributed by atoms with E-state index in [1.165, 1.54) is 11.1 Å². The van der Waals surface area contributed by atoms with E-state index in [0.717, 1.165) is 25.9 Å². The van der Waals surface area contributed by atoms with Crippen molar-refractivity contribution in [2.24, 2.45) is 5.92 Å². The molecule has 0 aliphatic carbocycles.